The number of aliphatic hydroxyl groups excluding tert-OH is 1. The van der Waals surface area contributed by atoms with Crippen LogP contribution >= 0.6 is 11.3 Å². The van der Waals surface area contributed by atoms with E-state index in [0.717, 1.165) is 22.6 Å². The highest BCUT2D eigenvalue weighted by atomic mass is 32.1. The van der Waals surface area contributed by atoms with Gasteiger partial charge in [0.1, 0.15) is 34.8 Å². The van der Waals surface area contributed by atoms with Gasteiger partial charge in [-0.3, -0.25) is 14.5 Å². The third kappa shape index (κ3) is 4.67. The van der Waals surface area contributed by atoms with Gasteiger partial charge in [-0.15, -0.1) is 0 Å². The van der Waals surface area contributed by atoms with Gasteiger partial charge in [0.2, 0.25) is 0 Å². The molecule has 2 atom stereocenters. The minimum Gasteiger partial charge on any atom is -0.507 e. The molecule has 0 radical (unpaired) electrons. The van der Waals surface area contributed by atoms with E-state index in [9.17, 15) is 19.5 Å². The van der Waals surface area contributed by atoms with Gasteiger partial charge in [-0.25, -0.2) is 9.78 Å². The van der Waals surface area contributed by atoms with Gasteiger partial charge in [-0.05, 0) is 55.3 Å². The van der Waals surface area contributed by atoms with E-state index in [2.05, 4.69) is 11.6 Å². The Morgan fingerprint density at radius 2 is 2.08 bits per heavy atom. The molecule has 0 spiro atoms. The summed E-state index contributed by atoms with van der Waals surface area (Å²) in [5.41, 5.74) is 2.07. The highest BCUT2D eigenvalue weighted by Crippen LogP contribution is 2.45. The molecule has 0 bridgehead atoms. The number of esters is 1. The smallest absolute Gasteiger partial charge is 0.350 e. The number of rotatable bonds is 7. The first-order valence-corrected chi connectivity index (χ1v) is 13.1. The number of thiazole rings is 1. The van der Waals surface area contributed by atoms with Gasteiger partial charge in [0.15, 0.2) is 5.13 Å². The number of aromatic nitrogens is 1. The molecular formula is C29H26N2O7S. The van der Waals surface area contributed by atoms with E-state index in [0.29, 0.717) is 29.0 Å². The molecule has 200 valence electrons. The number of anilines is 1. The van der Waals surface area contributed by atoms with E-state index in [1.165, 1.54) is 12.0 Å². The zero-order valence-electron chi connectivity index (χ0n) is 21.6. The minimum absolute atomic E-state index is 0.00145. The molecule has 10 heteroatoms. The molecule has 3 heterocycles. The van der Waals surface area contributed by atoms with Crippen LogP contribution in [-0.2, 0) is 20.7 Å². The van der Waals surface area contributed by atoms with Crippen LogP contribution in [-0.4, -0.2) is 47.6 Å². The van der Waals surface area contributed by atoms with Crippen molar-refractivity contribution >= 4 is 39.9 Å². The molecule has 0 unspecified atom stereocenters. The topological polar surface area (TPSA) is 115 Å². The number of nitrogens with zero attached hydrogens (tertiary/aromatic N) is 2. The second-order valence-corrected chi connectivity index (χ2v) is 10.2. The van der Waals surface area contributed by atoms with Gasteiger partial charge in [-0.2, -0.15) is 0 Å². The summed E-state index contributed by atoms with van der Waals surface area (Å²) in [6, 6.07) is 11.0. The zero-order chi connectivity index (χ0) is 27.8. The highest BCUT2D eigenvalue weighted by molar-refractivity contribution is 7.17. The summed E-state index contributed by atoms with van der Waals surface area (Å²) in [7, 11) is 1.25. The average Bonchev–Trinajstić information content (AvgIpc) is 3.58. The Kier molecular flexibility index (Phi) is 6.96. The lowest BCUT2D eigenvalue weighted by Crippen LogP contribution is -2.29. The van der Waals surface area contributed by atoms with E-state index in [1.54, 1.807) is 55.5 Å². The summed E-state index contributed by atoms with van der Waals surface area (Å²) in [5, 5.41) is 11.6. The Morgan fingerprint density at radius 1 is 1.28 bits per heavy atom. The Hall–Kier alpha value is -4.44. The molecule has 1 fully saturated rings. The monoisotopic (exact) mass is 546 g/mol. The highest BCUT2D eigenvalue weighted by Gasteiger charge is 2.48. The second-order valence-electron chi connectivity index (χ2n) is 9.20. The number of aryl methyl sites for hydroxylation is 1. The fourth-order valence-corrected chi connectivity index (χ4v) is 5.78. The number of hydrogen-bond acceptors (Lipinski definition) is 9. The molecule has 2 aliphatic heterocycles. The lowest BCUT2D eigenvalue weighted by Gasteiger charge is -2.23. The molecule has 5 rings (SSSR count). The van der Waals surface area contributed by atoms with Crippen LogP contribution in [0, 0.1) is 6.92 Å². The van der Waals surface area contributed by atoms with Crippen LogP contribution in [0.25, 0.3) is 5.76 Å². The maximum absolute atomic E-state index is 13.5. The summed E-state index contributed by atoms with van der Waals surface area (Å²) in [6.07, 6.45) is 2.26. The molecule has 9 nitrogen and oxygen atoms in total. The number of Topliss-reactive ketones (excluding diaryl/α,β-unsaturated/α-hetero) is 1. The number of carbonyl (C=O) groups is 3. The van der Waals surface area contributed by atoms with Crippen molar-refractivity contribution < 1.29 is 33.7 Å². The number of ether oxygens (including phenoxy) is 3. The van der Waals surface area contributed by atoms with Crippen molar-refractivity contribution in [3.05, 3.63) is 88.0 Å². The predicted octanol–water partition coefficient (Wildman–Crippen LogP) is 4.75. The van der Waals surface area contributed by atoms with Crippen LogP contribution < -0.4 is 14.4 Å². The van der Waals surface area contributed by atoms with Crippen LogP contribution in [0.2, 0.25) is 0 Å². The third-order valence-corrected chi connectivity index (χ3v) is 7.65. The molecule has 1 saturated heterocycles. The molecule has 0 saturated carbocycles. The summed E-state index contributed by atoms with van der Waals surface area (Å²) < 4.78 is 16.3. The average molecular weight is 547 g/mol. The van der Waals surface area contributed by atoms with Crippen LogP contribution in [0.15, 0.2) is 60.7 Å². The van der Waals surface area contributed by atoms with Gasteiger partial charge in [0.05, 0.1) is 24.4 Å². The van der Waals surface area contributed by atoms with Gasteiger partial charge in [0, 0.05) is 12.0 Å². The standard InChI is InChI=1S/C29H26N2O7S/c1-5-11-37-20-8-6-7-17(14-20)23-22(24(32)18-9-10-21-19(13-18)12-15(2)38-21)25(33)27(34)31(23)29-30-16(3)26(39-29)28(35)36-4/h5-10,13-15,23,32H,1,11-12H2,2-4H3/t15-,23+/m1/s1. The zero-order valence-corrected chi connectivity index (χ0v) is 22.4. The van der Waals surface area contributed by atoms with E-state index in [1.807, 2.05) is 6.92 Å². The van der Waals surface area contributed by atoms with Gasteiger partial charge >= 0.3 is 11.9 Å². The largest absolute Gasteiger partial charge is 0.507 e. The number of ketones is 1. The lowest BCUT2D eigenvalue weighted by molar-refractivity contribution is -0.132. The molecule has 2 aromatic carbocycles. The van der Waals surface area contributed by atoms with Crippen molar-refractivity contribution in [2.75, 3.05) is 18.6 Å². The SMILES string of the molecule is C=CCOc1cccc([C@H]2C(=C(O)c3ccc4c(c3)C[C@@H](C)O4)C(=O)C(=O)N2c2nc(C)c(C(=O)OC)s2)c1. The van der Waals surface area contributed by atoms with Crippen molar-refractivity contribution in [2.24, 2.45) is 0 Å². The fraction of sp³-hybridized carbons (Fsp3) is 0.241. The number of aliphatic hydroxyl groups is 1. The molecule has 1 aromatic heterocycles. The number of fused-ring (bicyclic) bond motifs is 1. The Bertz CT molecular complexity index is 1540. The lowest BCUT2D eigenvalue weighted by atomic mass is 9.94. The maximum Gasteiger partial charge on any atom is 0.350 e. The molecular weight excluding hydrogens is 520 g/mol. The van der Waals surface area contributed by atoms with Crippen molar-refractivity contribution in [1.29, 1.82) is 0 Å². The summed E-state index contributed by atoms with van der Waals surface area (Å²) in [5.74, 6) is -1.44. The van der Waals surface area contributed by atoms with Gasteiger partial charge in [0.25, 0.3) is 5.78 Å². The molecule has 39 heavy (non-hydrogen) atoms. The summed E-state index contributed by atoms with van der Waals surface area (Å²) in [4.78, 5) is 45.1. The Balaban J connectivity index is 1.68. The number of benzene rings is 2. The van der Waals surface area contributed by atoms with Crippen LogP contribution in [0.3, 0.4) is 0 Å². The van der Waals surface area contributed by atoms with Crippen molar-refractivity contribution in [3.8, 4) is 11.5 Å². The molecule has 1 N–H and O–H groups in total. The van der Waals surface area contributed by atoms with Crippen LogP contribution in [0.1, 0.15) is 45.0 Å². The van der Waals surface area contributed by atoms with E-state index in [4.69, 9.17) is 14.2 Å². The van der Waals surface area contributed by atoms with Gasteiger partial charge in [-0.1, -0.05) is 36.1 Å². The Labute approximate surface area is 229 Å². The maximum atomic E-state index is 13.5. The fourth-order valence-electron chi connectivity index (χ4n) is 4.77. The van der Waals surface area contributed by atoms with E-state index >= 15 is 0 Å². The third-order valence-electron chi connectivity index (χ3n) is 6.52. The van der Waals surface area contributed by atoms with Crippen LogP contribution in [0.5, 0.6) is 11.5 Å². The molecule has 1 amide bonds. The summed E-state index contributed by atoms with van der Waals surface area (Å²) in [6.45, 7) is 7.49. The number of amides is 1. The predicted molar refractivity (Wildman–Crippen MR) is 145 cm³/mol. The Morgan fingerprint density at radius 3 is 2.82 bits per heavy atom. The van der Waals surface area contributed by atoms with Crippen molar-refractivity contribution in [1.82, 2.24) is 4.98 Å². The van der Waals surface area contributed by atoms with E-state index < -0.39 is 23.7 Å². The number of carbonyl (C=O) groups excluding carboxylic acids is 3. The first-order valence-electron chi connectivity index (χ1n) is 12.2. The number of hydrogen-bond donors (Lipinski definition) is 1. The normalized spacial score (nSPS) is 19.5. The van der Waals surface area contributed by atoms with Crippen LogP contribution in [0.4, 0.5) is 5.13 Å². The minimum atomic E-state index is -1.03. The molecule has 0 aliphatic carbocycles. The quantitative estimate of drug-likeness (QED) is 0.148. The molecule has 3 aromatic rings. The first kappa shape index (κ1) is 26.2. The summed E-state index contributed by atoms with van der Waals surface area (Å²) >= 11 is 0.940. The van der Waals surface area contributed by atoms with Gasteiger partial charge < -0.3 is 19.3 Å². The van der Waals surface area contributed by atoms with Crippen molar-refractivity contribution in [2.45, 2.75) is 32.4 Å². The number of methoxy groups -OCH3 is 1. The second kappa shape index (κ2) is 10.4. The molecule has 2 aliphatic rings. The van der Waals surface area contributed by atoms with Crippen molar-refractivity contribution in [3.63, 3.8) is 0 Å². The first-order chi connectivity index (χ1) is 18.7. The van der Waals surface area contributed by atoms with E-state index in [-0.39, 0.29) is 34.1 Å².